The van der Waals surface area contributed by atoms with Crippen LogP contribution < -0.4 is 18.8 Å². The van der Waals surface area contributed by atoms with Gasteiger partial charge in [0, 0.05) is 39.0 Å². The molecule has 0 radical (unpaired) electrons. The van der Waals surface area contributed by atoms with Crippen LogP contribution in [0.3, 0.4) is 0 Å². The molecule has 1 aliphatic rings. The molecule has 0 fully saturated rings. The largest absolute Gasteiger partial charge is 0.439 e. The van der Waals surface area contributed by atoms with Crippen molar-refractivity contribution in [3.05, 3.63) is 103 Å². The highest BCUT2D eigenvalue weighted by molar-refractivity contribution is 5.70. The third kappa shape index (κ3) is 7.93. The van der Waals surface area contributed by atoms with Crippen LogP contribution in [0.25, 0.3) is 28.3 Å². The molecule has 0 spiro atoms. The van der Waals surface area contributed by atoms with E-state index in [0.717, 1.165) is 51.3 Å². The van der Waals surface area contributed by atoms with Crippen LogP contribution in [0.5, 0.6) is 5.75 Å². The van der Waals surface area contributed by atoms with Crippen molar-refractivity contribution in [1.82, 2.24) is 0 Å². The molecule has 1 aliphatic heterocycles. The van der Waals surface area contributed by atoms with E-state index in [0.29, 0.717) is 19.8 Å². The number of hydrogen-bond donors (Lipinski definition) is 0. The van der Waals surface area contributed by atoms with Gasteiger partial charge in [0.1, 0.15) is 14.1 Å². The van der Waals surface area contributed by atoms with Crippen LogP contribution in [0, 0.1) is 6.92 Å². The molecule has 0 aliphatic carbocycles. The number of rotatable bonds is 8. The van der Waals surface area contributed by atoms with Gasteiger partial charge in [0.15, 0.2) is 11.6 Å². The number of nitrogens with zero attached hydrogens (tertiary/aromatic N) is 3. The minimum absolute atomic E-state index is 0.472. The van der Waals surface area contributed by atoms with Crippen LogP contribution in [0.2, 0.25) is 0 Å². The predicted molar refractivity (Wildman–Crippen MR) is 171 cm³/mol. The summed E-state index contributed by atoms with van der Waals surface area (Å²) >= 11 is 0. The van der Waals surface area contributed by atoms with Gasteiger partial charge >= 0.3 is 11.8 Å². The molecule has 0 unspecified atom stereocenters. The SMILES string of the molecule is CCOC(OCC)OCC.CN1/C(=C\C=C\c2oc3ccccc3[n+]2C)Oc2ccccc21.Cc1oc2ccccc2[n+]1C. The number of benzene rings is 3. The second-order valence-electron chi connectivity index (χ2n) is 9.76. The molecule has 2 aromatic heterocycles. The van der Waals surface area contributed by atoms with Crippen LogP contribution in [0.1, 0.15) is 32.6 Å². The average Bonchev–Trinajstić information content (AvgIpc) is 3.64. The van der Waals surface area contributed by atoms with Crippen molar-refractivity contribution < 1.29 is 36.9 Å². The number of aryl methyl sites for hydroxylation is 3. The molecule has 0 bridgehead atoms. The number of fused-ring (bicyclic) bond motifs is 3. The topological polar surface area (TPSA) is 74.2 Å². The van der Waals surface area contributed by atoms with Gasteiger partial charge in [0.25, 0.3) is 17.5 Å². The standard InChI is InChI=1S/C19H17N2O2.C9H10NO.C7H16O3/c1-20-14-8-3-5-10-16(14)22-18(20)12-7-13-19-21(2)15-9-4-6-11-17(15)23-19;1-7-10(2)8-5-3-4-6-9(8)11-7;1-4-8-7(9-5-2)10-6-3/h3-13H,1-2H3;3-6H,1-2H3;7H,4-6H2,1-3H3/q2*+1;. The van der Waals surface area contributed by atoms with E-state index < -0.39 is 6.48 Å². The van der Waals surface area contributed by atoms with Crippen molar-refractivity contribution in [2.45, 2.75) is 34.2 Å². The number of oxazole rings is 2. The number of hydrogen-bond acceptors (Lipinski definition) is 7. The first-order chi connectivity index (χ1) is 21.4. The summed E-state index contributed by atoms with van der Waals surface area (Å²) in [7, 11) is 5.99. The van der Waals surface area contributed by atoms with E-state index in [-0.39, 0.29) is 0 Å². The summed E-state index contributed by atoms with van der Waals surface area (Å²) in [5.74, 6) is 3.40. The van der Waals surface area contributed by atoms with Gasteiger partial charge in [-0.05, 0) is 57.2 Å². The second kappa shape index (κ2) is 15.9. The molecule has 6 rings (SSSR count). The maximum absolute atomic E-state index is 5.84. The molecule has 0 saturated heterocycles. The molecular weight excluding hydrogens is 558 g/mol. The van der Waals surface area contributed by atoms with E-state index in [1.165, 1.54) is 0 Å². The van der Waals surface area contributed by atoms with Crippen LogP contribution in [0.4, 0.5) is 5.69 Å². The first-order valence-electron chi connectivity index (χ1n) is 14.8. The molecule has 0 N–H and O–H groups in total. The molecule has 3 heterocycles. The fourth-order valence-corrected chi connectivity index (χ4v) is 4.52. The third-order valence-corrected chi connectivity index (χ3v) is 6.89. The van der Waals surface area contributed by atoms with E-state index in [2.05, 4.69) is 0 Å². The highest BCUT2D eigenvalue weighted by Crippen LogP contribution is 2.37. The Morgan fingerprint density at radius 2 is 1.30 bits per heavy atom. The Hall–Kier alpha value is -4.44. The van der Waals surface area contributed by atoms with E-state index in [9.17, 15) is 0 Å². The lowest BCUT2D eigenvalue weighted by Crippen LogP contribution is -2.29. The molecule has 9 nitrogen and oxygen atoms in total. The van der Waals surface area contributed by atoms with Crippen LogP contribution in [0.15, 0.2) is 99.7 Å². The molecular formula is C35H43N3O6+2. The van der Waals surface area contributed by atoms with Crippen molar-refractivity contribution in [3.8, 4) is 5.75 Å². The third-order valence-electron chi connectivity index (χ3n) is 6.89. The molecule has 5 aromatic rings. The lowest BCUT2D eigenvalue weighted by atomic mass is 10.3. The molecule has 0 atom stereocenters. The van der Waals surface area contributed by atoms with Gasteiger partial charge in [-0.2, -0.15) is 9.13 Å². The zero-order chi connectivity index (χ0) is 31.5. The molecule has 9 heteroatoms. The predicted octanol–water partition coefficient (Wildman–Crippen LogP) is 6.59. The lowest BCUT2D eigenvalue weighted by Gasteiger charge is -2.15. The average molecular weight is 602 g/mol. The molecule has 232 valence electrons. The Kier molecular flexibility index (Phi) is 11.7. The smallest absolute Gasteiger partial charge is 0.373 e. The highest BCUT2D eigenvalue weighted by atomic mass is 16.8. The minimum Gasteiger partial charge on any atom is -0.439 e. The number of para-hydroxylation sites is 6. The highest BCUT2D eigenvalue weighted by Gasteiger charge is 2.21. The fourth-order valence-electron chi connectivity index (χ4n) is 4.52. The van der Waals surface area contributed by atoms with Gasteiger partial charge in [-0.25, -0.2) is 0 Å². The number of aromatic nitrogens is 2. The summed E-state index contributed by atoms with van der Waals surface area (Å²) in [6.45, 7) is 9.06. The molecule has 44 heavy (non-hydrogen) atoms. The monoisotopic (exact) mass is 601 g/mol. The maximum atomic E-state index is 5.84. The van der Waals surface area contributed by atoms with Crippen LogP contribution in [-0.2, 0) is 28.3 Å². The van der Waals surface area contributed by atoms with Gasteiger partial charge in [-0.3, -0.25) is 0 Å². The van der Waals surface area contributed by atoms with Gasteiger partial charge < -0.3 is 32.7 Å². The molecule has 0 saturated carbocycles. The van der Waals surface area contributed by atoms with Crippen molar-refractivity contribution in [2.75, 3.05) is 31.8 Å². The zero-order valence-corrected chi connectivity index (χ0v) is 26.7. The summed E-state index contributed by atoms with van der Waals surface area (Å²) in [4.78, 5) is 2.03. The first-order valence-corrected chi connectivity index (χ1v) is 14.8. The van der Waals surface area contributed by atoms with Gasteiger partial charge in [-0.1, -0.05) is 36.4 Å². The van der Waals surface area contributed by atoms with Gasteiger partial charge in [-0.15, -0.1) is 0 Å². The number of allylic oxidation sites excluding steroid dienone is 2. The van der Waals surface area contributed by atoms with Crippen LogP contribution in [-0.4, -0.2) is 33.3 Å². The van der Waals surface area contributed by atoms with Crippen LogP contribution >= 0.6 is 0 Å². The minimum atomic E-state index is -0.472. The van der Waals surface area contributed by atoms with Crippen molar-refractivity contribution >= 4 is 34.0 Å². The first kappa shape index (κ1) is 32.5. The summed E-state index contributed by atoms with van der Waals surface area (Å²) in [5.41, 5.74) is 5.12. The maximum Gasteiger partial charge on any atom is 0.373 e. The Bertz CT molecular complexity index is 1690. The van der Waals surface area contributed by atoms with E-state index in [4.69, 9.17) is 27.8 Å². The normalized spacial score (nSPS) is 13.3. The Morgan fingerprint density at radius 3 is 1.86 bits per heavy atom. The van der Waals surface area contributed by atoms with Crippen molar-refractivity contribution in [2.24, 2.45) is 14.1 Å². The summed E-state index contributed by atoms with van der Waals surface area (Å²) < 4.78 is 36.4. The summed E-state index contributed by atoms with van der Waals surface area (Å²) in [5, 5.41) is 0. The van der Waals surface area contributed by atoms with Crippen molar-refractivity contribution in [1.29, 1.82) is 0 Å². The second-order valence-corrected chi connectivity index (χ2v) is 9.76. The Morgan fingerprint density at radius 1 is 0.750 bits per heavy atom. The number of anilines is 1. The van der Waals surface area contributed by atoms with E-state index in [1.54, 1.807) is 0 Å². The Labute approximate surface area is 259 Å². The van der Waals surface area contributed by atoms with Gasteiger partial charge in [0.05, 0.1) is 18.7 Å². The molecule has 3 aromatic carbocycles. The van der Waals surface area contributed by atoms with Crippen molar-refractivity contribution in [3.63, 3.8) is 0 Å². The Balaban J connectivity index is 0.000000175. The zero-order valence-electron chi connectivity index (χ0n) is 26.7. The lowest BCUT2D eigenvalue weighted by molar-refractivity contribution is -0.657. The summed E-state index contributed by atoms with van der Waals surface area (Å²) in [6, 6.07) is 24.0. The van der Waals surface area contributed by atoms with Gasteiger partial charge in [0.2, 0.25) is 11.2 Å². The molecule has 0 amide bonds. The quantitative estimate of drug-likeness (QED) is 0.147. The number of ether oxygens (including phenoxy) is 4. The van der Waals surface area contributed by atoms with E-state index >= 15 is 0 Å². The fraction of sp³-hybridized carbons (Fsp3) is 0.314. The van der Waals surface area contributed by atoms with E-state index in [1.807, 2.05) is 154 Å². The summed E-state index contributed by atoms with van der Waals surface area (Å²) in [6.07, 6.45) is 5.82.